The second-order valence-corrected chi connectivity index (χ2v) is 9.45. The Kier molecular flexibility index (Phi) is 7.18. The fourth-order valence-corrected chi connectivity index (χ4v) is 4.46. The van der Waals surface area contributed by atoms with Crippen molar-refractivity contribution in [2.24, 2.45) is 0 Å². The summed E-state index contributed by atoms with van der Waals surface area (Å²) in [5, 5.41) is 2.40. The zero-order chi connectivity index (χ0) is 25.2. The maximum atomic E-state index is 13.3. The van der Waals surface area contributed by atoms with E-state index in [1.807, 2.05) is 30.3 Å². The van der Waals surface area contributed by atoms with Gasteiger partial charge in [0.1, 0.15) is 0 Å². The molecule has 1 aromatic heterocycles. The quantitative estimate of drug-likeness (QED) is 0.243. The number of hydrogen-bond acceptors (Lipinski definition) is 4. The van der Waals surface area contributed by atoms with E-state index in [1.165, 1.54) is 4.57 Å². The predicted octanol–water partition coefficient (Wildman–Crippen LogP) is 6.24. The highest BCUT2D eigenvalue weighted by molar-refractivity contribution is 8.00. The van der Waals surface area contributed by atoms with Crippen LogP contribution in [0.2, 0.25) is 5.02 Å². The molecule has 35 heavy (non-hydrogen) atoms. The molecule has 5 nitrogen and oxygen atoms in total. The van der Waals surface area contributed by atoms with E-state index in [-0.39, 0.29) is 22.8 Å². The van der Waals surface area contributed by atoms with Gasteiger partial charge in [-0.15, -0.1) is 0 Å². The van der Waals surface area contributed by atoms with Crippen molar-refractivity contribution in [1.82, 2.24) is 9.55 Å². The van der Waals surface area contributed by atoms with Gasteiger partial charge < -0.3 is 5.32 Å². The lowest BCUT2D eigenvalue weighted by atomic mass is 10.2. The lowest BCUT2D eigenvalue weighted by Gasteiger charge is -2.17. The minimum absolute atomic E-state index is 0.0200. The Morgan fingerprint density at radius 1 is 1.09 bits per heavy atom. The van der Waals surface area contributed by atoms with Gasteiger partial charge in [-0.3, -0.25) is 14.2 Å². The van der Waals surface area contributed by atoms with Crippen molar-refractivity contribution in [3.05, 3.63) is 99.3 Å². The second-order valence-electron chi connectivity index (χ2n) is 7.73. The number of amides is 1. The zero-order valence-corrected chi connectivity index (χ0v) is 19.9. The van der Waals surface area contributed by atoms with Gasteiger partial charge in [-0.05, 0) is 42.8 Å². The number of anilines is 1. The van der Waals surface area contributed by atoms with Gasteiger partial charge in [0.2, 0.25) is 5.91 Å². The molecule has 0 aliphatic carbocycles. The number of aromatic nitrogens is 2. The first kappa shape index (κ1) is 24.8. The number of nitrogens with one attached hydrogen (secondary N) is 1. The number of para-hydroxylation sites is 1. The number of benzene rings is 3. The van der Waals surface area contributed by atoms with Gasteiger partial charge in [0.05, 0.1) is 39.0 Å². The number of halogens is 4. The summed E-state index contributed by atoms with van der Waals surface area (Å²) in [6.07, 6.45) is -4.58. The first-order chi connectivity index (χ1) is 16.6. The van der Waals surface area contributed by atoms with Gasteiger partial charge in [-0.2, -0.15) is 13.2 Å². The molecule has 180 valence electrons. The van der Waals surface area contributed by atoms with E-state index in [0.29, 0.717) is 16.1 Å². The van der Waals surface area contributed by atoms with Crippen LogP contribution in [0.3, 0.4) is 0 Å². The Morgan fingerprint density at radius 2 is 1.77 bits per heavy atom. The third kappa shape index (κ3) is 5.68. The van der Waals surface area contributed by atoms with Crippen molar-refractivity contribution in [3.63, 3.8) is 0 Å². The van der Waals surface area contributed by atoms with E-state index in [2.05, 4.69) is 10.3 Å². The molecule has 0 bridgehead atoms. The molecule has 1 heterocycles. The highest BCUT2D eigenvalue weighted by Gasteiger charge is 2.31. The lowest BCUT2D eigenvalue weighted by Crippen LogP contribution is -2.27. The maximum Gasteiger partial charge on any atom is 0.416 e. The summed E-state index contributed by atoms with van der Waals surface area (Å²) < 4.78 is 40.7. The van der Waals surface area contributed by atoms with Crippen molar-refractivity contribution >= 4 is 45.9 Å². The molecule has 0 aliphatic heterocycles. The molecule has 4 rings (SSSR count). The van der Waals surface area contributed by atoms with Crippen LogP contribution >= 0.6 is 23.4 Å². The average Bonchev–Trinajstić information content (AvgIpc) is 2.82. The summed E-state index contributed by atoms with van der Waals surface area (Å²) >= 11 is 7.05. The van der Waals surface area contributed by atoms with Gasteiger partial charge in [0.15, 0.2) is 5.16 Å². The van der Waals surface area contributed by atoms with Gasteiger partial charge in [0.25, 0.3) is 5.56 Å². The van der Waals surface area contributed by atoms with Crippen molar-refractivity contribution in [1.29, 1.82) is 0 Å². The van der Waals surface area contributed by atoms with Crippen LogP contribution in [0.15, 0.2) is 82.7 Å². The van der Waals surface area contributed by atoms with E-state index in [0.717, 1.165) is 35.5 Å². The summed E-state index contributed by atoms with van der Waals surface area (Å²) in [5.41, 5.74) is 0.0344. The topological polar surface area (TPSA) is 64.0 Å². The Balaban J connectivity index is 1.64. The summed E-state index contributed by atoms with van der Waals surface area (Å²) in [5.74, 6) is -0.579. The van der Waals surface area contributed by atoms with Crippen molar-refractivity contribution in [2.45, 2.75) is 30.1 Å². The van der Waals surface area contributed by atoms with Crippen molar-refractivity contribution in [2.75, 3.05) is 5.32 Å². The molecule has 3 aromatic carbocycles. The van der Waals surface area contributed by atoms with E-state index in [4.69, 9.17) is 11.6 Å². The third-order valence-electron chi connectivity index (χ3n) is 5.21. The van der Waals surface area contributed by atoms with Gasteiger partial charge in [0, 0.05) is 0 Å². The molecule has 0 radical (unpaired) electrons. The standard InChI is InChI=1S/C25H19ClF3N3O2S/c1-15(22(33)30-21-13-17(25(27,28)29)11-12-19(21)26)35-24-31-20-10-6-5-9-18(20)23(34)32(24)14-16-7-3-2-4-8-16/h2-13,15H,14H2,1H3,(H,30,33)/t15-/m1/s1. The molecular formula is C25H19ClF3N3O2S. The Bertz CT molecular complexity index is 1440. The predicted molar refractivity (Wildman–Crippen MR) is 132 cm³/mol. The van der Waals surface area contributed by atoms with E-state index in [1.54, 1.807) is 31.2 Å². The van der Waals surface area contributed by atoms with Crippen LogP contribution in [0.1, 0.15) is 18.1 Å². The summed E-state index contributed by atoms with van der Waals surface area (Å²) in [6.45, 7) is 1.82. The zero-order valence-electron chi connectivity index (χ0n) is 18.3. The molecule has 0 fully saturated rings. The number of thioether (sulfide) groups is 1. The van der Waals surface area contributed by atoms with Crippen LogP contribution in [0, 0.1) is 0 Å². The molecule has 0 spiro atoms. The average molecular weight is 518 g/mol. The fraction of sp³-hybridized carbons (Fsp3) is 0.160. The van der Waals surface area contributed by atoms with Gasteiger partial charge >= 0.3 is 6.18 Å². The van der Waals surface area contributed by atoms with Crippen LogP contribution in [-0.2, 0) is 17.5 Å². The lowest BCUT2D eigenvalue weighted by molar-refractivity contribution is -0.137. The molecule has 0 saturated heterocycles. The van der Waals surface area contributed by atoms with Crippen LogP contribution in [0.25, 0.3) is 10.9 Å². The minimum atomic E-state index is -4.58. The third-order valence-corrected chi connectivity index (χ3v) is 6.63. The number of carbonyl (C=O) groups is 1. The van der Waals surface area contributed by atoms with Crippen LogP contribution in [0.5, 0.6) is 0 Å². The van der Waals surface area contributed by atoms with E-state index in [9.17, 15) is 22.8 Å². The minimum Gasteiger partial charge on any atom is -0.324 e. The SMILES string of the molecule is C[C@@H](Sc1nc2ccccc2c(=O)n1Cc1ccccc1)C(=O)Nc1cc(C(F)(F)F)ccc1Cl. The smallest absolute Gasteiger partial charge is 0.324 e. The van der Waals surface area contributed by atoms with Crippen molar-refractivity contribution in [3.8, 4) is 0 Å². The molecule has 0 saturated carbocycles. The molecular weight excluding hydrogens is 499 g/mol. The fourth-order valence-electron chi connectivity index (χ4n) is 3.39. The molecule has 0 aliphatic rings. The molecule has 10 heteroatoms. The van der Waals surface area contributed by atoms with Crippen LogP contribution in [0.4, 0.5) is 18.9 Å². The number of fused-ring (bicyclic) bond motifs is 1. The Labute approximate surface area is 207 Å². The van der Waals surface area contributed by atoms with Crippen molar-refractivity contribution < 1.29 is 18.0 Å². The summed E-state index contributed by atoms with van der Waals surface area (Å²) in [6, 6.07) is 19.0. The number of hydrogen-bond donors (Lipinski definition) is 1. The number of nitrogens with zero attached hydrogens (tertiary/aromatic N) is 2. The van der Waals surface area contributed by atoms with Crippen LogP contribution < -0.4 is 10.9 Å². The molecule has 4 aromatic rings. The Morgan fingerprint density at radius 3 is 2.49 bits per heavy atom. The molecule has 1 N–H and O–H groups in total. The largest absolute Gasteiger partial charge is 0.416 e. The first-order valence-electron chi connectivity index (χ1n) is 10.5. The van der Waals surface area contributed by atoms with E-state index >= 15 is 0 Å². The summed E-state index contributed by atoms with van der Waals surface area (Å²) in [7, 11) is 0. The molecule has 1 atom stereocenters. The number of rotatable bonds is 6. The van der Waals surface area contributed by atoms with E-state index < -0.39 is 22.9 Å². The number of alkyl halides is 3. The monoisotopic (exact) mass is 517 g/mol. The van der Waals surface area contributed by atoms with Crippen LogP contribution in [-0.4, -0.2) is 20.7 Å². The Hall–Kier alpha value is -3.30. The molecule has 1 amide bonds. The number of carbonyl (C=O) groups excluding carboxylic acids is 1. The van der Waals surface area contributed by atoms with Gasteiger partial charge in [-0.1, -0.05) is 65.8 Å². The normalized spacial score (nSPS) is 12.5. The summed E-state index contributed by atoms with van der Waals surface area (Å²) in [4.78, 5) is 30.7. The second kappa shape index (κ2) is 10.1. The first-order valence-corrected chi connectivity index (χ1v) is 11.8. The maximum absolute atomic E-state index is 13.3. The molecule has 0 unspecified atom stereocenters. The highest BCUT2D eigenvalue weighted by Crippen LogP contribution is 2.34. The van der Waals surface area contributed by atoms with Gasteiger partial charge in [-0.25, -0.2) is 4.98 Å². The highest BCUT2D eigenvalue weighted by atomic mass is 35.5.